The largest absolute Gasteiger partial charge is 0.483 e. The fraction of sp³-hybridized carbons (Fsp3) is 0.647. The van der Waals surface area contributed by atoms with Gasteiger partial charge in [0.05, 0.1) is 0 Å². The zero-order valence-electron chi connectivity index (χ0n) is 12.6. The Morgan fingerprint density at radius 1 is 1.10 bits per heavy atom. The first-order valence-electron chi connectivity index (χ1n) is 8.22. The van der Waals surface area contributed by atoms with Crippen molar-refractivity contribution in [1.29, 1.82) is 0 Å². The molecular formula is C17H24N2O2. The van der Waals surface area contributed by atoms with E-state index in [-0.39, 0.29) is 12.5 Å². The van der Waals surface area contributed by atoms with E-state index in [0.717, 1.165) is 50.2 Å². The minimum atomic E-state index is 0.123. The Hall–Kier alpha value is -1.58. The van der Waals surface area contributed by atoms with Crippen LogP contribution in [0.5, 0.6) is 5.75 Å². The van der Waals surface area contributed by atoms with Crippen LogP contribution in [-0.2, 0) is 17.6 Å². The van der Waals surface area contributed by atoms with Gasteiger partial charge in [-0.3, -0.25) is 9.78 Å². The third kappa shape index (κ3) is 3.55. The summed E-state index contributed by atoms with van der Waals surface area (Å²) >= 11 is 0. The Morgan fingerprint density at radius 2 is 1.86 bits per heavy atom. The maximum atomic E-state index is 12.3. The quantitative estimate of drug-likeness (QED) is 0.859. The number of likely N-dealkylation sites (tertiary alicyclic amines) is 1. The second-order valence-corrected chi connectivity index (χ2v) is 6.03. The topological polar surface area (TPSA) is 42.4 Å². The summed E-state index contributed by atoms with van der Waals surface area (Å²) in [6, 6.07) is 1.90. The van der Waals surface area contributed by atoms with Gasteiger partial charge in [-0.1, -0.05) is 12.8 Å². The number of hydrogen-bond donors (Lipinski definition) is 0. The second-order valence-electron chi connectivity index (χ2n) is 6.03. The van der Waals surface area contributed by atoms with Gasteiger partial charge >= 0.3 is 0 Å². The highest BCUT2D eigenvalue weighted by Crippen LogP contribution is 2.27. The van der Waals surface area contributed by atoms with Crippen LogP contribution in [0.2, 0.25) is 0 Å². The van der Waals surface area contributed by atoms with Crippen LogP contribution < -0.4 is 4.74 Å². The molecule has 0 saturated carbocycles. The van der Waals surface area contributed by atoms with Crippen LogP contribution in [0.25, 0.3) is 0 Å². The van der Waals surface area contributed by atoms with Crippen molar-refractivity contribution in [1.82, 2.24) is 9.88 Å². The number of carbonyl (C=O) groups excluding carboxylic acids is 1. The van der Waals surface area contributed by atoms with E-state index in [1.165, 1.54) is 31.2 Å². The van der Waals surface area contributed by atoms with Crippen molar-refractivity contribution in [2.45, 2.75) is 51.4 Å². The Kier molecular flexibility index (Phi) is 4.73. The SMILES string of the molecule is O=C(COc1ccnc2c1CCCC2)N1CCCCCC1. The maximum Gasteiger partial charge on any atom is 0.260 e. The number of aromatic nitrogens is 1. The standard InChI is InChI=1S/C17H24N2O2/c20-17(19-11-5-1-2-6-12-19)13-21-16-9-10-18-15-8-4-3-7-14(15)16/h9-10H,1-8,11-13H2. The fourth-order valence-corrected chi connectivity index (χ4v) is 3.28. The summed E-state index contributed by atoms with van der Waals surface area (Å²) in [7, 11) is 0. The van der Waals surface area contributed by atoms with Crippen molar-refractivity contribution in [3.05, 3.63) is 23.5 Å². The molecule has 0 bridgehead atoms. The molecule has 0 spiro atoms. The second kappa shape index (κ2) is 6.92. The van der Waals surface area contributed by atoms with Gasteiger partial charge in [0, 0.05) is 30.5 Å². The van der Waals surface area contributed by atoms with Crippen LogP contribution in [0.1, 0.15) is 49.8 Å². The highest BCUT2D eigenvalue weighted by Gasteiger charge is 2.18. The average Bonchev–Trinajstić information content (AvgIpc) is 2.82. The Bertz CT molecular complexity index is 494. The number of pyridine rings is 1. The molecule has 2 heterocycles. The molecule has 3 rings (SSSR count). The molecule has 0 atom stereocenters. The van der Waals surface area contributed by atoms with E-state index < -0.39 is 0 Å². The monoisotopic (exact) mass is 288 g/mol. The highest BCUT2D eigenvalue weighted by atomic mass is 16.5. The van der Waals surface area contributed by atoms with E-state index in [0.29, 0.717) is 0 Å². The van der Waals surface area contributed by atoms with Crippen LogP contribution in [0.3, 0.4) is 0 Å². The van der Waals surface area contributed by atoms with Crippen LogP contribution >= 0.6 is 0 Å². The van der Waals surface area contributed by atoms with Gasteiger partial charge in [0.2, 0.25) is 0 Å². The summed E-state index contributed by atoms with van der Waals surface area (Å²) in [4.78, 5) is 18.7. The normalized spacial score (nSPS) is 18.8. The van der Waals surface area contributed by atoms with Gasteiger partial charge in [0.1, 0.15) is 5.75 Å². The molecule has 1 aromatic rings. The molecule has 0 radical (unpaired) electrons. The number of aryl methyl sites for hydroxylation is 1. The molecule has 1 amide bonds. The van der Waals surface area contributed by atoms with Gasteiger partial charge in [-0.25, -0.2) is 0 Å². The van der Waals surface area contributed by atoms with Crippen LogP contribution in [0, 0.1) is 0 Å². The van der Waals surface area contributed by atoms with Crippen LogP contribution in [-0.4, -0.2) is 35.5 Å². The summed E-state index contributed by atoms with van der Waals surface area (Å²) in [5, 5.41) is 0. The summed E-state index contributed by atoms with van der Waals surface area (Å²) in [5.41, 5.74) is 2.37. The molecule has 1 aliphatic heterocycles. The van der Waals surface area contributed by atoms with Crippen molar-refractivity contribution in [3.8, 4) is 5.75 Å². The van der Waals surface area contributed by atoms with E-state index in [4.69, 9.17) is 4.74 Å². The molecule has 1 aliphatic carbocycles. The van der Waals surface area contributed by atoms with Gasteiger partial charge < -0.3 is 9.64 Å². The van der Waals surface area contributed by atoms with Gasteiger partial charge in [0.15, 0.2) is 6.61 Å². The Morgan fingerprint density at radius 3 is 2.67 bits per heavy atom. The number of nitrogens with zero attached hydrogens (tertiary/aromatic N) is 2. The zero-order chi connectivity index (χ0) is 14.5. The van der Waals surface area contributed by atoms with Crippen LogP contribution in [0.15, 0.2) is 12.3 Å². The number of amides is 1. The first kappa shape index (κ1) is 14.4. The predicted molar refractivity (Wildman–Crippen MR) is 81.4 cm³/mol. The maximum absolute atomic E-state index is 12.3. The molecule has 1 aromatic heterocycles. The molecule has 0 N–H and O–H groups in total. The lowest BCUT2D eigenvalue weighted by Gasteiger charge is -2.22. The molecule has 0 aromatic carbocycles. The number of carbonyl (C=O) groups is 1. The molecular weight excluding hydrogens is 264 g/mol. The lowest BCUT2D eigenvalue weighted by Crippen LogP contribution is -2.35. The first-order chi connectivity index (χ1) is 10.3. The third-order valence-electron chi connectivity index (χ3n) is 4.50. The van der Waals surface area contributed by atoms with Crippen LogP contribution in [0.4, 0.5) is 0 Å². The molecule has 2 aliphatic rings. The Balaban J connectivity index is 1.61. The van der Waals surface area contributed by atoms with Gasteiger partial charge in [0.25, 0.3) is 5.91 Å². The summed E-state index contributed by atoms with van der Waals surface area (Å²) < 4.78 is 5.83. The van der Waals surface area contributed by atoms with Gasteiger partial charge in [-0.15, -0.1) is 0 Å². The molecule has 21 heavy (non-hydrogen) atoms. The minimum absolute atomic E-state index is 0.123. The number of rotatable bonds is 3. The molecule has 1 fully saturated rings. The van der Waals surface area contributed by atoms with E-state index in [2.05, 4.69) is 4.98 Å². The molecule has 114 valence electrons. The molecule has 1 saturated heterocycles. The zero-order valence-corrected chi connectivity index (χ0v) is 12.6. The number of fused-ring (bicyclic) bond motifs is 1. The van der Waals surface area contributed by atoms with Crippen molar-refractivity contribution in [2.24, 2.45) is 0 Å². The smallest absolute Gasteiger partial charge is 0.260 e. The predicted octanol–water partition coefficient (Wildman–Crippen LogP) is 2.74. The van der Waals surface area contributed by atoms with Crippen molar-refractivity contribution < 1.29 is 9.53 Å². The minimum Gasteiger partial charge on any atom is -0.483 e. The third-order valence-corrected chi connectivity index (χ3v) is 4.50. The summed E-state index contributed by atoms with van der Waals surface area (Å²) in [6.07, 6.45) is 11.0. The first-order valence-corrected chi connectivity index (χ1v) is 8.22. The molecule has 4 nitrogen and oxygen atoms in total. The lowest BCUT2D eigenvalue weighted by molar-refractivity contribution is -0.133. The molecule has 0 unspecified atom stereocenters. The summed E-state index contributed by atoms with van der Waals surface area (Å²) in [5.74, 6) is 0.987. The van der Waals surface area contributed by atoms with Gasteiger partial charge in [-0.05, 0) is 44.6 Å². The Labute approximate surface area is 126 Å². The van der Waals surface area contributed by atoms with E-state index in [1.807, 2.05) is 11.0 Å². The van der Waals surface area contributed by atoms with Crippen molar-refractivity contribution >= 4 is 5.91 Å². The average molecular weight is 288 g/mol. The summed E-state index contributed by atoms with van der Waals surface area (Å²) in [6.45, 7) is 1.93. The van der Waals surface area contributed by atoms with E-state index in [9.17, 15) is 4.79 Å². The number of ether oxygens (including phenoxy) is 1. The number of hydrogen-bond acceptors (Lipinski definition) is 3. The van der Waals surface area contributed by atoms with E-state index >= 15 is 0 Å². The lowest BCUT2D eigenvalue weighted by atomic mass is 9.95. The fourth-order valence-electron chi connectivity index (χ4n) is 3.28. The highest BCUT2D eigenvalue weighted by molar-refractivity contribution is 5.77. The van der Waals surface area contributed by atoms with Crippen molar-refractivity contribution in [3.63, 3.8) is 0 Å². The van der Waals surface area contributed by atoms with Gasteiger partial charge in [-0.2, -0.15) is 0 Å². The molecule has 4 heteroatoms. The van der Waals surface area contributed by atoms with E-state index in [1.54, 1.807) is 6.20 Å². The van der Waals surface area contributed by atoms with Crippen molar-refractivity contribution in [2.75, 3.05) is 19.7 Å².